The normalized spacial score (nSPS) is 20.7. The minimum Gasteiger partial charge on any atom is -0.469 e. The van der Waals surface area contributed by atoms with Crippen LogP contribution in [-0.4, -0.2) is 61.8 Å². The Bertz CT molecular complexity index is 773. The molecule has 2 aliphatic heterocycles. The zero-order chi connectivity index (χ0) is 19.6. The van der Waals surface area contributed by atoms with E-state index in [4.69, 9.17) is 0 Å². The lowest BCUT2D eigenvalue weighted by Gasteiger charge is -2.33. The number of piperazine rings is 1. The highest BCUT2D eigenvalue weighted by Gasteiger charge is 2.43. The molecule has 2 N–H and O–H groups in total. The summed E-state index contributed by atoms with van der Waals surface area (Å²) in [6.45, 7) is 0.538. The number of hydrogen-bond acceptors (Lipinski definition) is 7. The maximum absolute atomic E-state index is 13.0. The molecule has 0 aromatic heterocycles. The van der Waals surface area contributed by atoms with Crippen LogP contribution >= 0.6 is 0 Å². The number of carbonyl (C=O) groups excluding carboxylic acids is 3. The van der Waals surface area contributed by atoms with Crippen molar-refractivity contribution in [1.29, 1.82) is 0 Å². The molecule has 0 spiro atoms. The second-order valence-corrected chi connectivity index (χ2v) is 5.93. The molecule has 9 nitrogen and oxygen atoms in total. The number of amides is 2. The molecular weight excluding hydrogens is 368 g/mol. The largest absolute Gasteiger partial charge is 0.586 e. The molecule has 0 unspecified atom stereocenters. The maximum Gasteiger partial charge on any atom is 0.586 e. The summed E-state index contributed by atoms with van der Waals surface area (Å²) < 4.78 is 39.3. The van der Waals surface area contributed by atoms with Crippen LogP contribution in [0, 0.1) is 0 Å². The Morgan fingerprint density at radius 1 is 1.37 bits per heavy atom. The lowest BCUT2D eigenvalue weighted by Crippen LogP contribution is -2.57. The SMILES string of the molecule is COC(=O)C[C@H]1C(=O)NCCN1CC(=O)Nc1ccc2c(c1)OC(F)(F)O2. The number of fused-ring (bicyclic) bond motifs is 1. The molecule has 1 fully saturated rings. The van der Waals surface area contributed by atoms with Crippen LogP contribution in [0.25, 0.3) is 0 Å². The van der Waals surface area contributed by atoms with E-state index in [1.807, 2.05) is 0 Å². The van der Waals surface area contributed by atoms with E-state index in [1.165, 1.54) is 25.3 Å². The van der Waals surface area contributed by atoms with Crippen LogP contribution in [0.3, 0.4) is 0 Å². The lowest BCUT2D eigenvalue weighted by atomic mass is 10.1. The standard InChI is InChI=1S/C16H17F2N3O6/c1-25-14(23)7-10-15(24)19-4-5-21(10)8-13(22)20-9-2-3-11-12(6-9)27-16(17,18)26-11/h2-3,6,10H,4-5,7-8H2,1H3,(H,19,24)(H,20,22)/t10-/m0/s1. The molecule has 0 bridgehead atoms. The first-order valence-electron chi connectivity index (χ1n) is 8.06. The highest BCUT2D eigenvalue weighted by Crippen LogP contribution is 2.42. The highest BCUT2D eigenvalue weighted by atomic mass is 19.3. The molecule has 27 heavy (non-hydrogen) atoms. The predicted octanol–water partition coefficient (Wildman–Crippen LogP) is 0.310. The smallest absolute Gasteiger partial charge is 0.469 e. The number of nitrogens with one attached hydrogen (secondary N) is 2. The Hall–Kier alpha value is -2.95. The maximum atomic E-state index is 13.0. The number of ether oxygens (including phenoxy) is 3. The number of esters is 1. The number of hydrogen-bond donors (Lipinski definition) is 2. The van der Waals surface area contributed by atoms with Gasteiger partial charge >= 0.3 is 12.3 Å². The summed E-state index contributed by atoms with van der Waals surface area (Å²) in [5.41, 5.74) is 0.228. The molecule has 1 aromatic carbocycles. The summed E-state index contributed by atoms with van der Waals surface area (Å²) in [7, 11) is 1.21. The third-order valence-corrected chi connectivity index (χ3v) is 4.06. The van der Waals surface area contributed by atoms with Gasteiger partial charge in [0.25, 0.3) is 0 Å². The van der Waals surface area contributed by atoms with Crippen molar-refractivity contribution >= 4 is 23.5 Å². The lowest BCUT2D eigenvalue weighted by molar-refractivity contribution is -0.286. The summed E-state index contributed by atoms with van der Waals surface area (Å²) in [5.74, 6) is -1.75. The van der Waals surface area contributed by atoms with Gasteiger partial charge in [-0.2, -0.15) is 0 Å². The zero-order valence-corrected chi connectivity index (χ0v) is 14.3. The molecule has 3 rings (SSSR count). The first-order chi connectivity index (χ1) is 12.8. The predicted molar refractivity (Wildman–Crippen MR) is 86.3 cm³/mol. The Balaban J connectivity index is 1.63. The van der Waals surface area contributed by atoms with Gasteiger partial charge in [0.1, 0.15) is 6.04 Å². The Morgan fingerprint density at radius 2 is 2.11 bits per heavy atom. The second kappa shape index (κ2) is 7.35. The number of alkyl halides is 2. The van der Waals surface area contributed by atoms with E-state index in [0.717, 1.165) is 0 Å². The minimum atomic E-state index is -3.74. The van der Waals surface area contributed by atoms with Gasteiger partial charge in [0, 0.05) is 24.8 Å². The molecule has 0 aliphatic carbocycles. The van der Waals surface area contributed by atoms with Crippen molar-refractivity contribution in [2.24, 2.45) is 0 Å². The molecule has 2 amide bonds. The average molecular weight is 385 g/mol. The van der Waals surface area contributed by atoms with Gasteiger partial charge in [-0.25, -0.2) is 0 Å². The molecule has 2 heterocycles. The molecule has 1 saturated heterocycles. The Morgan fingerprint density at radius 3 is 2.85 bits per heavy atom. The van der Waals surface area contributed by atoms with E-state index in [0.29, 0.717) is 13.1 Å². The van der Waals surface area contributed by atoms with Crippen molar-refractivity contribution in [2.75, 3.05) is 32.1 Å². The second-order valence-electron chi connectivity index (χ2n) is 5.93. The topological polar surface area (TPSA) is 106 Å². The van der Waals surface area contributed by atoms with Crippen molar-refractivity contribution < 1.29 is 37.4 Å². The van der Waals surface area contributed by atoms with Crippen LogP contribution in [0.1, 0.15) is 6.42 Å². The molecule has 0 radical (unpaired) electrons. The van der Waals surface area contributed by atoms with Crippen molar-refractivity contribution in [3.63, 3.8) is 0 Å². The van der Waals surface area contributed by atoms with E-state index in [1.54, 1.807) is 4.90 Å². The number of benzene rings is 1. The molecule has 11 heteroatoms. The van der Waals surface area contributed by atoms with Gasteiger partial charge in [-0.1, -0.05) is 0 Å². The number of nitrogens with zero attached hydrogens (tertiary/aromatic N) is 1. The van der Waals surface area contributed by atoms with Crippen LogP contribution in [0.2, 0.25) is 0 Å². The quantitative estimate of drug-likeness (QED) is 0.703. The summed E-state index contributed by atoms with van der Waals surface area (Å²) in [4.78, 5) is 37.3. The van der Waals surface area contributed by atoms with Crippen molar-refractivity contribution in [3.8, 4) is 11.5 Å². The fraction of sp³-hybridized carbons (Fsp3) is 0.438. The van der Waals surface area contributed by atoms with Crippen molar-refractivity contribution in [2.45, 2.75) is 18.8 Å². The fourth-order valence-corrected chi connectivity index (χ4v) is 2.83. The van der Waals surface area contributed by atoms with Crippen molar-refractivity contribution in [1.82, 2.24) is 10.2 Å². The molecule has 1 atom stereocenters. The van der Waals surface area contributed by atoms with Crippen LogP contribution < -0.4 is 20.1 Å². The van der Waals surface area contributed by atoms with Gasteiger partial charge in [-0.3, -0.25) is 19.3 Å². The van der Waals surface area contributed by atoms with Crippen LogP contribution in [0.5, 0.6) is 11.5 Å². The number of anilines is 1. The van der Waals surface area contributed by atoms with E-state index < -0.39 is 24.2 Å². The third kappa shape index (κ3) is 4.42. The number of rotatable bonds is 5. The highest BCUT2D eigenvalue weighted by molar-refractivity contribution is 5.94. The molecule has 1 aromatic rings. The molecular formula is C16H17F2N3O6. The Kier molecular flexibility index (Phi) is 5.13. The zero-order valence-electron chi connectivity index (χ0n) is 14.3. The summed E-state index contributed by atoms with van der Waals surface area (Å²) in [5, 5.41) is 5.17. The van der Waals surface area contributed by atoms with E-state index in [9.17, 15) is 23.2 Å². The van der Waals surface area contributed by atoms with Crippen molar-refractivity contribution in [3.05, 3.63) is 18.2 Å². The number of halogens is 2. The average Bonchev–Trinajstić information content (AvgIpc) is 2.90. The van der Waals surface area contributed by atoms with Gasteiger partial charge in [0.15, 0.2) is 11.5 Å². The van der Waals surface area contributed by atoms with Gasteiger partial charge in [-0.15, -0.1) is 8.78 Å². The number of carbonyl (C=O) groups is 3. The first-order valence-corrected chi connectivity index (χ1v) is 8.06. The van der Waals surface area contributed by atoms with E-state index in [-0.39, 0.29) is 36.1 Å². The molecule has 146 valence electrons. The van der Waals surface area contributed by atoms with Gasteiger partial charge < -0.3 is 24.8 Å². The molecule has 0 saturated carbocycles. The van der Waals surface area contributed by atoms with Gasteiger partial charge in [0.05, 0.1) is 20.1 Å². The Labute approximate surface area is 152 Å². The first kappa shape index (κ1) is 18.8. The summed E-state index contributed by atoms with van der Waals surface area (Å²) in [6.07, 6.45) is -3.93. The van der Waals surface area contributed by atoms with Crippen LogP contribution in [-0.2, 0) is 19.1 Å². The van der Waals surface area contributed by atoms with Crippen LogP contribution in [0.4, 0.5) is 14.5 Å². The van der Waals surface area contributed by atoms with Crippen LogP contribution in [0.15, 0.2) is 18.2 Å². The third-order valence-electron chi connectivity index (χ3n) is 4.06. The van der Waals surface area contributed by atoms with Gasteiger partial charge in [0.2, 0.25) is 11.8 Å². The summed E-state index contributed by atoms with van der Waals surface area (Å²) in [6, 6.07) is 3.02. The van der Waals surface area contributed by atoms with E-state index in [2.05, 4.69) is 24.8 Å². The number of methoxy groups -OCH3 is 1. The van der Waals surface area contributed by atoms with Gasteiger partial charge in [-0.05, 0) is 12.1 Å². The molecule has 2 aliphatic rings. The minimum absolute atomic E-state index is 0.135. The van der Waals surface area contributed by atoms with E-state index >= 15 is 0 Å². The fourth-order valence-electron chi connectivity index (χ4n) is 2.83. The summed E-state index contributed by atoms with van der Waals surface area (Å²) >= 11 is 0. The monoisotopic (exact) mass is 385 g/mol.